The number of piperidine rings is 1. The van der Waals surface area contributed by atoms with Gasteiger partial charge in [-0.1, -0.05) is 64.2 Å². The van der Waals surface area contributed by atoms with E-state index in [0.717, 1.165) is 62.9 Å². The summed E-state index contributed by atoms with van der Waals surface area (Å²) in [7, 11) is 0. The van der Waals surface area contributed by atoms with Gasteiger partial charge < -0.3 is 45.8 Å². The number of imidazole rings is 1. The molecule has 0 bridgehead atoms. The molecule has 3 atom stereocenters. The Bertz CT molecular complexity index is 1390. The van der Waals surface area contributed by atoms with Crippen LogP contribution in [-0.2, 0) is 25.6 Å². The summed E-state index contributed by atoms with van der Waals surface area (Å²) < 4.78 is 5.40. The fourth-order valence-corrected chi connectivity index (χ4v) is 8.22. The molecule has 2 saturated carbocycles. The van der Waals surface area contributed by atoms with Crippen LogP contribution in [0.4, 0.5) is 14.4 Å². The molecule has 16 heteroatoms. The van der Waals surface area contributed by atoms with Gasteiger partial charge in [0.1, 0.15) is 5.60 Å². The number of ether oxygens (including phenoxy) is 1. The van der Waals surface area contributed by atoms with Crippen LogP contribution < -0.4 is 21.3 Å². The van der Waals surface area contributed by atoms with Gasteiger partial charge in [0, 0.05) is 57.0 Å². The van der Waals surface area contributed by atoms with Gasteiger partial charge in [-0.05, 0) is 78.1 Å². The Morgan fingerprint density at radius 3 is 2.25 bits per heavy atom. The number of rotatable bonds is 17. The Morgan fingerprint density at radius 2 is 1.63 bits per heavy atom. The molecule has 0 aromatic carbocycles. The molecule has 3 aliphatic rings. The number of aromatic nitrogens is 2. The molecule has 1 aromatic heterocycles. The van der Waals surface area contributed by atoms with Gasteiger partial charge in [0.25, 0.3) is 5.91 Å². The average molecular weight is 803 g/mol. The fourth-order valence-electron chi connectivity index (χ4n) is 8.22. The molecule has 1 saturated heterocycles. The maximum absolute atomic E-state index is 14.6. The monoisotopic (exact) mass is 803 g/mol. The summed E-state index contributed by atoms with van der Waals surface area (Å²) in [6, 6.07) is -2.35. The summed E-state index contributed by atoms with van der Waals surface area (Å²) in [6.07, 6.45) is 14.8. The number of likely N-dealkylation sites (tertiary alicyclic amines) is 1. The third-order valence-corrected chi connectivity index (χ3v) is 11.3. The first-order valence-corrected chi connectivity index (χ1v) is 21.6. The fraction of sp³-hybridized carbons (Fsp3) is 0.805. The zero-order valence-corrected chi connectivity index (χ0v) is 34.8. The molecule has 3 fully saturated rings. The number of amides is 6. The Kier molecular flexibility index (Phi) is 18.7. The normalized spacial score (nSPS) is 18.8. The van der Waals surface area contributed by atoms with Gasteiger partial charge in [0.2, 0.25) is 5.91 Å². The van der Waals surface area contributed by atoms with Gasteiger partial charge in [-0.15, -0.1) is 0 Å². The largest absolute Gasteiger partial charge is 0.444 e. The predicted molar refractivity (Wildman–Crippen MR) is 215 cm³/mol. The molecular formula is C41H70N8O8. The third kappa shape index (κ3) is 16.4. The number of nitrogens with one attached hydrogen (secondary N) is 5. The first kappa shape index (κ1) is 45.6. The van der Waals surface area contributed by atoms with Crippen molar-refractivity contribution in [2.75, 3.05) is 26.2 Å². The van der Waals surface area contributed by atoms with Crippen LogP contribution in [0, 0.1) is 11.8 Å². The minimum atomic E-state index is -1.25. The Balaban J connectivity index is 1.52. The highest BCUT2D eigenvalue weighted by molar-refractivity contribution is 5.88. The summed E-state index contributed by atoms with van der Waals surface area (Å²) >= 11 is 0. The molecule has 2 heterocycles. The van der Waals surface area contributed by atoms with Crippen LogP contribution in [-0.4, -0.2) is 111 Å². The van der Waals surface area contributed by atoms with E-state index in [2.05, 4.69) is 31.2 Å². The number of nitrogens with zero attached hydrogens (tertiary/aromatic N) is 3. The minimum absolute atomic E-state index is 0.00112. The number of aromatic amines is 1. The summed E-state index contributed by atoms with van der Waals surface area (Å²) in [5.41, 5.74) is -0.0643. The second-order valence-corrected chi connectivity index (χ2v) is 17.2. The van der Waals surface area contributed by atoms with Gasteiger partial charge in [0.05, 0.1) is 18.5 Å². The van der Waals surface area contributed by atoms with Crippen LogP contribution in [0.5, 0.6) is 0 Å². The molecule has 6 amide bonds. The maximum Gasteiger partial charge on any atom is 0.434 e. The lowest BCUT2D eigenvalue weighted by Crippen LogP contribution is -2.57. The lowest BCUT2D eigenvalue weighted by molar-refractivity contribution is -0.184. The third-order valence-electron chi connectivity index (χ3n) is 11.3. The number of carbonyl (C=O) groups excluding carboxylic acids is 5. The standard InChI is InChI=1S/C41H70N8O8/c1-5-43-38(53)44-22-12-17-35(50)33(25-30-15-10-7-11-16-30)47-37(52)34(26-32-27-42-28-45-32)49(36(51)19-18-29-13-8-6-9-14-29)57-40(55)48-23-20-31(21-24-48)46-39(54)56-41(2,3)4/h27-31,33-35,50H,5-26H2,1-4H3,(H,42,45)(H,46,54)(H,47,52)(H2,43,44,53)/t33-,34?,35-/m0/s1. The summed E-state index contributed by atoms with van der Waals surface area (Å²) in [4.78, 5) is 81.7. The number of alkyl carbamates (subject to hydrolysis) is 1. The molecular weight excluding hydrogens is 732 g/mol. The lowest BCUT2D eigenvalue weighted by atomic mass is 9.83. The van der Waals surface area contributed by atoms with E-state index in [1.165, 1.54) is 17.6 Å². The van der Waals surface area contributed by atoms with Crippen molar-refractivity contribution in [2.45, 2.75) is 173 Å². The van der Waals surface area contributed by atoms with E-state index in [0.29, 0.717) is 69.1 Å². The number of aliphatic hydroxyl groups excluding tert-OH is 1. The van der Waals surface area contributed by atoms with Crippen LogP contribution in [0.15, 0.2) is 12.5 Å². The average Bonchev–Trinajstić information content (AvgIpc) is 3.70. The lowest BCUT2D eigenvalue weighted by Gasteiger charge is -2.36. The topological polar surface area (TPSA) is 207 Å². The number of hydrogen-bond acceptors (Lipinski definition) is 9. The van der Waals surface area contributed by atoms with Crippen molar-refractivity contribution in [3.8, 4) is 0 Å². The van der Waals surface area contributed by atoms with Crippen molar-refractivity contribution in [3.63, 3.8) is 0 Å². The van der Waals surface area contributed by atoms with Crippen LogP contribution in [0.1, 0.15) is 143 Å². The van der Waals surface area contributed by atoms with E-state index in [9.17, 15) is 29.1 Å². The van der Waals surface area contributed by atoms with Crippen LogP contribution in [0.2, 0.25) is 0 Å². The number of urea groups is 1. The van der Waals surface area contributed by atoms with E-state index < -0.39 is 47.8 Å². The van der Waals surface area contributed by atoms with E-state index in [-0.39, 0.29) is 38.0 Å². The Hall–Kier alpha value is -4.08. The number of hydroxylamine groups is 2. The molecule has 1 aromatic rings. The highest BCUT2D eigenvalue weighted by Crippen LogP contribution is 2.30. The van der Waals surface area contributed by atoms with Gasteiger partial charge in [-0.25, -0.2) is 19.4 Å². The zero-order valence-electron chi connectivity index (χ0n) is 34.8. The van der Waals surface area contributed by atoms with Gasteiger partial charge in [-0.2, -0.15) is 5.06 Å². The van der Waals surface area contributed by atoms with Crippen molar-refractivity contribution >= 4 is 30.0 Å². The van der Waals surface area contributed by atoms with Gasteiger partial charge in [0.15, 0.2) is 6.04 Å². The van der Waals surface area contributed by atoms with Gasteiger partial charge >= 0.3 is 18.2 Å². The highest BCUT2D eigenvalue weighted by atomic mass is 16.7. The van der Waals surface area contributed by atoms with Crippen molar-refractivity contribution in [1.82, 2.24) is 41.2 Å². The smallest absolute Gasteiger partial charge is 0.434 e. The number of aliphatic hydroxyl groups is 1. The van der Waals surface area contributed by atoms with Gasteiger partial charge in [-0.3, -0.25) is 9.59 Å². The van der Waals surface area contributed by atoms with Crippen molar-refractivity contribution in [2.24, 2.45) is 11.8 Å². The molecule has 1 unspecified atom stereocenters. The number of H-pyrrole nitrogens is 1. The Labute approximate surface area is 338 Å². The second kappa shape index (κ2) is 23.4. The number of carbonyl (C=O) groups is 5. The molecule has 16 nitrogen and oxygen atoms in total. The Morgan fingerprint density at radius 1 is 0.965 bits per heavy atom. The molecule has 0 radical (unpaired) electrons. The molecule has 322 valence electrons. The predicted octanol–water partition coefficient (Wildman–Crippen LogP) is 5.47. The second-order valence-electron chi connectivity index (χ2n) is 17.2. The first-order valence-electron chi connectivity index (χ1n) is 21.6. The SMILES string of the molecule is CCNC(=O)NCCC[C@H](O)[C@H](CC1CCCCC1)NC(=O)C(Cc1cnc[nH]1)N(OC(=O)N1CCC(NC(=O)OC(C)(C)C)CC1)C(=O)CCC1CCCCC1. The minimum Gasteiger partial charge on any atom is -0.444 e. The quantitative estimate of drug-likeness (QED) is 0.0872. The van der Waals surface area contributed by atoms with Crippen molar-refractivity contribution in [1.29, 1.82) is 0 Å². The molecule has 1 aliphatic heterocycles. The van der Waals surface area contributed by atoms with Crippen LogP contribution >= 0.6 is 0 Å². The van der Waals surface area contributed by atoms with E-state index in [1.807, 2.05) is 6.92 Å². The maximum atomic E-state index is 14.6. The van der Waals surface area contributed by atoms with E-state index in [4.69, 9.17) is 9.57 Å². The van der Waals surface area contributed by atoms with Crippen molar-refractivity contribution < 1.29 is 38.7 Å². The molecule has 0 spiro atoms. The molecule has 6 N–H and O–H groups in total. The van der Waals surface area contributed by atoms with Crippen molar-refractivity contribution in [3.05, 3.63) is 18.2 Å². The highest BCUT2D eigenvalue weighted by Gasteiger charge is 2.38. The first-order chi connectivity index (χ1) is 27.3. The van der Waals surface area contributed by atoms with E-state index >= 15 is 0 Å². The molecule has 57 heavy (non-hydrogen) atoms. The van der Waals surface area contributed by atoms with Crippen LogP contribution in [0.3, 0.4) is 0 Å². The summed E-state index contributed by atoms with van der Waals surface area (Å²) in [5, 5.41) is 24.0. The molecule has 2 aliphatic carbocycles. The molecule has 4 rings (SSSR count). The zero-order chi connectivity index (χ0) is 41.2. The number of hydrogen-bond donors (Lipinski definition) is 6. The van der Waals surface area contributed by atoms with Crippen LogP contribution in [0.25, 0.3) is 0 Å². The summed E-state index contributed by atoms with van der Waals surface area (Å²) in [6.45, 7) is 8.63. The summed E-state index contributed by atoms with van der Waals surface area (Å²) in [5.74, 6) is -0.300. The van der Waals surface area contributed by atoms with E-state index in [1.54, 1.807) is 27.0 Å².